The quantitative estimate of drug-likeness (QED) is 0.836. The van der Waals surface area contributed by atoms with Crippen LogP contribution in [0.15, 0.2) is 46.9 Å². The monoisotopic (exact) mass is 351 g/mol. The maximum Gasteiger partial charge on any atom is 0.256 e. The number of halogens is 2. The number of benzene rings is 2. The zero-order valence-electron chi connectivity index (χ0n) is 11.8. The number of nitrogens with zero attached hydrogens (tertiary/aromatic N) is 1. The summed E-state index contributed by atoms with van der Waals surface area (Å²) in [7, 11) is 3.21. The number of rotatable bonds is 4. The van der Waals surface area contributed by atoms with E-state index in [1.807, 2.05) is 24.3 Å². The first-order valence-corrected chi connectivity index (χ1v) is 7.14. The number of hydrogen-bond acceptors (Lipinski definition) is 2. The van der Waals surface area contributed by atoms with Crippen LogP contribution < -0.4 is 4.74 Å². The molecule has 2 aromatic carbocycles. The Balaban J connectivity index is 2.22. The minimum Gasteiger partial charge on any atom is -0.496 e. The highest BCUT2D eigenvalue weighted by Crippen LogP contribution is 2.21. The van der Waals surface area contributed by atoms with E-state index >= 15 is 0 Å². The molecule has 1 amide bonds. The molecule has 0 fully saturated rings. The SMILES string of the molecule is COc1ccccc1CN(C)C(=O)c1cc(Br)ccc1F. The first-order valence-electron chi connectivity index (χ1n) is 6.35. The van der Waals surface area contributed by atoms with Gasteiger partial charge in [-0.3, -0.25) is 4.79 Å². The summed E-state index contributed by atoms with van der Waals surface area (Å²) in [6, 6.07) is 11.7. The fourth-order valence-corrected chi connectivity index (χ4v) is 2.39. The fraction of sp³-hybridized carbons (Fsp3) is 0.188. The molecule has 0 heterocycles. The van der Waals surface area contributed by atoms with Crippen LogP contribution in [0.2, 0.25) is 0 Å². The summed E-state index contributed by atoms with van der Waals surface area (Å²) < 4.78 is 19.7. The first kappa shape index (κ1) is 15.5. The van der Waals surface area contributed by atoms with Gasteiger partial charge in [-0.05, 0) is 24.3 Å². The zero-order valence-corrected chi connectivity index (χ0v) is 13.4. The van der Waals surface area contributed by atoms with Crippen molar-refractivity contribution in [2.45, 2.75) is 6.54 Å². The van der Waals surface area contributed by atoms with Gasteiger partial charge in [-0.1, -0.05) is 34.1 Å². The average Bonchev–Trinajstić information content (AvgIpc) is 2.49. The summed E-state index contributed by atoms with van der Waals surface area (Å²) in [6.45, 7) is 0.342. The predicted molar refractivity (Wildman–Crippen MR) is 82.9 cm³/mol. The molecule has 0 saturated carbocycles. The van der Waals surface area contributed by atoms with E-state index in [1.54, 1.807) is 20.2 Å². The van der Waals surface area contributed by atoms with Crippen molar-refractivity contribution in [1.82, 2.24) is 4.90 Å². The Kier molecular flexibility index (Phi) is 4.96. The Bertz CT molecular complexity index is 660. The van der Waals surface area contributed by atoms with Crippen molar-refractivity contribution in [2.75, 3.05) is 14.2 Å². The Labute approximate surface area is 131 Å². The van der Waals surface area contributed by atoms with Crippen LogP contribution in [0.5, 0.6) is 5.75 Å². The van der Waals surface area contributed by atoms with Crippen LogP contribution in [0.25, 0.3) is 0 Å². The predicted octanol–water partition coefficient (Wildman–Crippen LogP) is 3.87. The molecule has 0 N–H and O–H groups in total. The third-order valence-corrected chi connectivity index (χ3v) is 3.60. The molecule has 0 atom stereocenters. The summed E-state index contributed by atoms with van der Waals surface area (Å²) >= 11 is 3.25. The Morgan fingerprint density at radius 2 is 2.00 bits per heavy atom. The molecular formula is C16H15BrFNO2. The summed E-state index contributed by atoms with van der Waals surface area (Å²) in [5, 5.41) is 0. The van der Waals surface area contributed by atoms with Crippen molar-refractivity contribution in [3.63, 3.8) is 0 Å². The third kappa shape index (κ3) is 3.61. The third-order valence-electron chi connectivity index (χ3n) is 3.11. The highest BCUT2D eigenvalue weighted by Gasteiger charge is 2.17. The Morgan fingerprint density at radius 3 is 2.71 bits per heavy atom. The van der Waals surface area contributed by atoms with Gasteiger partial charge in [-0.15, -0.1) is 0 Å². The van der Waals surface area contributed by atoms with Crippen molar-refractivity contribution >= 4 is 21.8 Å². The smallest absolute Gasteiger partial charge is 0.256 e. The number of amides is 1. The number of ether oxygens (including phenoxy) is 1. The molecule has 0 radical (unpaired) electrons. The van der Waals surface area contributed by atoms with Gasteiger partial charge in [0.2, 0.25) is 0 Å². The highest BCUT2D eigenvalue weighted by molar-refractivity contribution is 9.10. The van der Waals surface area contributed by atoms with E-state index < -0.39 is 5.82 Å². The van der Waals surface area contributed by atoms with Crippen LogP contribution in [-0.2, 0) is 6.54 Å². The van der Waals surface area contributed by atoms with Crippen LogP contribution >= 0.6 is 15.9 Å². The minimum atomic E-state index is -0.532. The standard InChI is InChI=1S/C16H15BrFNO2/c1-19(10-11-5-3-4-6-15(11)21-2)16(20)13-9-12(17)7-8-14(13)18/h3-9H,10H2,1-2H3. The molecule has 0 spiro atoms. The van der Waals surface area contributed by atoms with Crippen molar-refractivity contribution in [2.24, 2.45) is 0 Å². The second-order valence-corrected chi connectivity index (χ2v) is 5.51. The Morgan fingerprint density at radius 1 is 1.29 bits per heavy atom. The van der Waals surface area contributed by atoms with Gasteiger partial charge < -0.3 is 9.64 Å². The van der Waals surface area contributed by atoms with Crippen molar-refractivity contribution in [1.29, 1.82) is 0 Å². The first-order chi connectivity index (χ1) is 10.0. The molecule has 2 aromatic rings. The molecule has 0 bridgehead atoms. The molecular weight excluding hydrogens is 337 g/mol. The molecule has 110 valence electrons. The van der Waals surface area contributed by atoms with Crippen molar-refractivity contribution in [3.8, 4) is 5.75 Å². The second kappa shape index (κ2) is 6.72. The average molecular weight is 352 g/mol. The largest absolute Gasteiger partial charge is 0.496 e. The highest BCUT2D eigenvalue weighted by atomic mass is 79.9. The van der Waals surface area contributed by atoms with Crippen LogP contribution in [0.3, 0.4) is 0 Å². The zero-order chi connectivity index (χ0) is 15.4. The van der Waals surface area contributed by atoms with Gasteiger partial charge >= 0.3 is 0 Å². The molecule has 21 heavy (non-hydrogen) atoms. The van der Waals surface area contributed by atoms with Crippen molar-refractivity contribution in [3.05, 3.63) is 63.9 Å². The maximum absolute atomic E-state index is 13.8. The lowest BCUT2D eigenvalue weighted by Gasteiger charge is -2.19. The summed E-state index contributed by atoms with van der Waals surface area (Å²) in [4.78, 5) is 13.8. The number of hydrogen-bond donors (Lipinski definition) is 0. The molecule has 2 rings (SSSR count). The van der Waals surface area contributed by atoms with Gasteiger partial charge in [-0.2, -0.15) is 0 Å². The van der Waals surface area contributed by atoms with E-state index in [0.29, 0.717) is 16.8 Å². The molecule has 5 heteroatoms. The van der Waals surface area contributed by atoms with Gasteiger partial charge in [0, 0.05) is 23.6 Å². The van der Waals surface area contributed by atoms with E-state index in [0.717, 1.165) is 5.56 Å². The fourth-order valence-electron chi connectivity index (χ4n) is 2.03. The molecule has 0 unspecified atom stereocenters. The van der Waals surface area contributed by atoms with Gasteiger partial charge in [-0.25, -0.2) is 4.39 Å². The lowest BCUT2D eigenvalue weighted by molar-refractivity contribution is 0.0779. The Hall–Kier alpha value is -1.88. The van der Waals surface area contributed by atoms with Gasteiger partial charge in [0.25, 0.3) is 5.91 Å². The minimum absolute atomic E-state index is 0.0433. The van der Waals surface area contributed by atoms with E-state index in [2.05, 4.69) is 15.9 Å². The molecule has 0 aliphatic heterocycles. The molecule has 0 aliphatic carbocycles. The van der Waals surface area contributed by atoms with Crippen LogP contribution in [0, 0.1) is 5.82 Å². The number of methoxy groups -OCH3 is 1. The molecule has 3 nitrogen and oxygen atoms in total. The topological polar surface area (TPSA) is 29.5 Å². The van der Waals surface area contributed by atoms with E-state index in [4.69, 9.17) is 4.74 Å². The summed E-state index contributed by atoms with van der Waals surface area (Å²) in [5.74, 6) is -0.207. The molecule has 0 saturated heterocycles. The van der Waals surface area contributed by atoms with E-state index in [1.165, 1.54) is 17.0 Å². The van der Waals surface area contributed by atoms with Gasteiger partial charge in [0.1, 0.15) is 11.6 Å². The van der Waals surface area contributed by atoms with E-state index in [-0.39, 0.29) is 11.5 Å². The van der Waals surface area contributed by atoms with Crippen molar-refractivity contribution < 1.29 is 13.9 Å². The summed E-state index contributed by atoms with van der Waals surface area (Å²) in [5.41, 5.74) is 0.910. The van der Waals surface area contributed by atoms with Crippen LogP contribution in [0.4, 0.5) is 4.39 Å². The number of para-hydroxylation sites is 1. The molecule has 0 aromatic heterocycles. The summed E-state index contributed by atoms with van der Waals surface area (Å²) in [6.07, 6.45) is 0. The van der Waals surface area contributed by atoms with Crippen LogP contribution in [0.1, 0.15) is 15.9 Å². The number of carbonyl (C=O) groups is 1. The lowest BCUT2D eigenvalue weighted by atomic mass is 10.1. The maximum atomic E-state index is 13.8. The van der Waals surface area contributed by atoms with Gasteiger partial charge in [0.05, 0.1) is 12.7 Å². The molecule has 0 aliphatic rings. The van der Waals surface area contributed by atoms with Gasteiger partial charge in [0.15, 0.2) is 0 Å². The second-order valence-electron chi connectivity index (χ2n) is 4.60. The lowest BCUT2D eigenvalue weighted by Crippen LogP contribution is -2.27. The number of carbonyl (C=O) groups excluding carboxylic acids is 1. The van der Waals surface area contributed by atoms with Crippen LogP contribution in [-0.4, -0.2) is 25.0 Å². The normalized spacial score (nSPS) is 10.3. The van der Waals surface area contributed by atoms with E-state index in [9.17, 15) is 9.18 Å².